The molecule has 0 atom stereocenters. The van der Waals surface area contributed by atoms with Gasteiger partial charge in [0.2, 0.25) is 0 Å². The first-order valence-corrected chi connectivity index (χ1v) is 7.24. The van der Waals surface area contributed by atoms with Crippen molar-refractivity contribution in [2.24, 2.45) is 0 Å². The highest BCUT2D eigenvalue weighted by Crippen LogP contribution is 2.20. The Morgan fingerprint density at radius 2 is 2.11 bits per heavy atom. The van der Waals surface area contributed by atoms with E-state index in [-0.39, 0.29) is 0 Å². The summed E-state index contributed by atoms with van der Waals surface area (Å²) in [6, 6.07) is 2.64. The SMILES string of the molecule is CCCNc1cc(N(C)C2CCNCC2)nc(C)n1. The molecule has 0 aromatic carbocycles. The summed E-state index contributed by atoms with van der Waals surface area (Å²) >= 11 is 0. The first-order valence-electron chi connectivity index (χ1n) is 7.24. The summed E-state index contributed by atoms with van der Waals surface area (Å²) in [6.45, 7) is 7.26. The normalized spacial score (nSPS) is 16.4. The molecular formula is C14H25N5. The van der Waals surface area contributed by atoms with Crippen molar-refractivity contribution in [1.82, 2.24) is 15.3 Å². The molecule has 1 saturated heterocycles. The minimum absolute atomic E-state index is 0.578. The third-order valence-corrected chi connectivity index (χ3v) is 3.60. The smallest absolute Gasteiger partial charge is 0.134 e. The van der Waals surface area contributed by atoms with Gasteiger partial charge in [-0.05, 0) is 39.3 Å². The van der Waals surface area contributed by atoms with Crippen molar-refractivity contribution in [1.29, 1.82) is 0 Å². The van der Waals surface area contributed by atoms with Gasteiger partial charge in [-0.2, -0.15) is 0 Å². The van der Waals surface area contributed by atoms with E-state index in [0.717, 1.165) is 43.5 Å². The molecule has 0 saturated carbocycles. The van der Waals surface area contributed by atoms with Crippen LogP contribution < -0.4 is 15.5 Å². The summed E-state index contributed by atoms with van der Waals surface area (Å²) in [4.78, 5) is 11.3. The second-order valence-electron chi connectivity index (χ2n) is 5.18. The van der Waals surface area contributed by atoms with E-state index < -0.39 is 0 Å². The molecule has 5 heteroatoms. The number of aromatic nitrogens is 2. The molecule has 1 aromatic rings. The predicted molar refractivity (Wildman–Crippen MR) is 79.8 cm³/mol. The fourth-order valence-corrected chi connectivity index (χ4v) is 2.46. The van der Waals surface area contributed by atoms with Gasteiger partial charge in [-0.15, -0.1) is 0 Å². The highest BCUT2D eigenvalue weighted by atomic mass is 15.2. The largest absolute Gasteiger partial charge is 0.370 e. The molecule has 1 aromatic heterocycles. The lowest BCUT2D eigenvalue weighted by molar-refractivity contribution is 0.441. The van der Waals surface area contributed by atoms with Gasteiger partial charge in [0.15, 0.2) is 0 Å². The van der Waals surface area contributed by atoms with Gasteiger partial charge in [0, 0.05) is 25.7 Å². The minimum Gasteiger partial charge on any atom is -0.370 e. The summed E-state index contributed by atoms with van der Waals surface area (Å²) in [5.74, 6) is 2.79. The maximum Gasteiger partial charge on any atom is 0.134 e. The van der Waals surface area contributed by atoms with Gasteiger partial charge in [0.1, 0.15) is 17.5 Å². The fraction of sp³-hybridized carbons (Fsp3) is 0.714. The number of anilines is 2. The van der Waals surface area contributed by atoms with Gasteiger partial charge in [-0.25, -0.2) is 9.97 Å². The van der Waals surface area contributed by atoms with Crippen LogP contribution in [0.15, 0.2) is 6.07 Å². The van der Waals surface area contributed by atoms with Crippen molar-refractivity contribution in [3.05, 3.63) is 11.9 Å². The van der Waals surface area contributed by atoms with Gasteiger partial charge in [-0.3, -0.25) is 0 Å². The average Bonchev–Trinajstić information content (AvgIpc) is 2.44. The Bertz CT molecular complexity index is 401. The number of hydrogen-bond acceptors (Lipinski definition) is 5. The zero-order valence-electron chi connectivity index (χ0n) is 12.2. The molecule has 0 aliphatic carbocycles. The monoisotopic (exact) mass is 263 g/mol. The second kappa shape index (κ2) is 6.70. The fourth-order valence-electron chi connectivity index (χ4n) is 2.46. The molecule has 0 bridgehead atoms. The summed E-state index contributed by atoms with van der Waals surface area (Å²) in [5.41, 5.74) is 0. The lowest BCUT2D eigenvalue weighted by atomic mass is 10.1. The quantitative estimate of drug-likeness (QED) is 0.848. The Labute approximate surface area is 115 Å². The lowest BCUT2D eigenvalue weighted by Crippen LogP contribution is -2.41. The van der Waals surface area contributed by atoms with E-state index in [1.165, 1.54) is 12.8 Å². The second-order valence-corrected chi connectivity index (χ2v) is 5.18. The number of nitrogens with one attached hydrogen (secondary N) is 2. The Balaban J connectivity index is 2.11. The molecule has 1 aliphatic heterocycles. The van der Waals surface area contributed by atoms with Crippen molar-refractivity contribution in [2.45, 2.75) is 39.2 Å². The van der Waals surface area contributed by atoms with E-state index in [9.17, 15) is 0 Å². The number of piperidine rings is 1. The summed E-state index contributed by atoms with van der Waals surface area (Å²) in [7, 11) is 2.14. The van der Waals surface area contributed by atoms with Crippen molar-refractivity contribution in [2.75, 3.05) is 36.9 Å². The lowest BCUT2D eigenvalue weighted by Gasteiger charge is -2.32. The van der Waals surface area contributed by atoms with Crippen LogP contribution in [0.2, 0.25) is 0 Å². The van der Waals surface area contributed by atoms with Crippen LogP contribution in [0.3, 0.4) is 0 Å². The van der Waals surface area contributed by atoms with Crippen molar-refractivity contribution >= 4 is 11.6 Å². The molecule has 0 radical (unpaired) electrons. The van der Waals surface area contributed by atoms with Crippen LogP contribution in [-0.4, -0.2) is 42.7 Å². The maximum absolute atomic E-state index is 4.57. The van der Waals surface area contributed by atoms with E-state index in [0.29, 0.717) is 6.04 Å². The first kappa shape index (κ1) is 14.1. The zero-order chi connectivity index (χ0) is 13.7. The van der Waals surface area contributed by atoms with Crippen LogP contribution in [0.1, 0.15) is 32.0 Å². The van der Waals surface area contributed by atoms with Crippen LogP contribution in [0.4, 0.5) is 11.6 Å². The maximum atomic E-state index is 4.57. The van der Waals surface area contributed by atoms with E-state index in [1.54, 1.807) is 0 Å². The molecule has 0 unspecified atom stereocenters. The van der Waals surface area contributed by atoms with Gasteiger partial charge < -0.3 is 15.5 Å². The molecule has 0 amide bonds. The van der Waals surface area contributed by atoms with E-state index >= 15 is 0 Å². The van der Waals surface area contributed by atoms with Crippen LogP contribution in [0, 0.1) is 6.92 Å². The highest BCUT2D eigenvalue weighted by Gasteiger charge is 2.19. The Hall–Kier alpha value is -1.36. The summed E-state index contributed by atoms with van der Waals surface area (Å²) < 4.78 is 0. The Morgan fingerprint density at radius 3 is 2.79 bits per heavy atom. The number of aryl methyl sites for hydroxylation is 1. The molecule has 2 N–H and O–H groups in total. The van der Waals surface area contributed by atoms with Crippen LogP contribution >= 0.6 is 0 Å². The molecule has 1 fully saturated rings. The first-order chi connectivity index (χ1) is 9.20. The van der Waals surface area contributed by atoms with Crippen molar-refractivity contribution in [3.63, 3.8) is 0 Å². The minimum atomic E-state index is 0.578. The number of rotatable bonds is 5. The molecule has 1 aliphatic rings. The van der Waals surface area contributed by atoms with E-state index in [4.69, 9.17) is 0 Å². The van der Waals surface area contributed by atoms with Gasteiger partial charge in [0.05, 0.1) is 0 Å². The molecule has 2 rings (SSSR count). The molecule has 0 spiro atoms. The Morgan fingerprint density at radius 1 is 1.37 bits per heavy atom. The standard InChI is InChI=1S/C14H25N5/c1-4-7-16-13-10-14(18-11(2)17-13)19(3)12-5-8-15-9-6-12/h10,12,15H,4-9H2,1-3H3,(H,16,17,18). The number of nitrogens with zero attached hydrogens (tertiary/aromatic N) is 3. The topological polar surface area (TPSA) is 53.1 Å². The van der Waals surface area contributed by atoms with E-state index in [1.807, 2.05) is 6.92 Å². The van der Waals surface area contributed by atoms with Gasteiger partial charge in [-0.1, -0.05) is 6.92 Å². The third-order valence-electron chi connectivity index (χ3n) is 3.60. The highest BCUT2D eigenvalue weighted by molar-refractivity contribution is 5.49. The summed E-state index contributed by atoms with van der Waals surface area (Å²) in [6.07, 6.45) is 3.46. The van der Waals surface area contributed by atoms with Gasteiger partial charge in [0.25, 0.3) is 0 Å². The average molecular weight is 263 g/mol. The zero-order valence-corrected chi connectivity index (χ0v) is 12.2. The van der Waals surface area contributed by atoms with Crippen LogP contribution in [0.5, 0.6) is 0 Å². The van der Waals surface area contributed by atoms with Crippen molar-refractivity contribution in [3.8, 4) is 0 Å². The third kappa shape index (κ3) is 3.80. The van der Waals surface area contributed by atoms with Crippen LogP contribution in [-0.2, 0) is 0 Å². The van der Waals surface area contributed by atoms with Crippen molar-refractivity contribution < 1.29 is 0 Å². The molecular weight excluding hydrogens is 238 g/mol. The van der Waals surface area contributed by atoms with E-state index in [2.05, 4.69) is 45.5 Å². The van der Waals surface area contributed by atoms with Gasteiger partial charge >= 0.3 is 0 Å². The molecule has 2 heterocycles. The molecule has 5 nitrogen and oxygen atoms in total. The Kier molecular flexibility index (Phi) is 4.96. The molecule has 106 valence electrons. The predicted octanol–water partition coefficient (Wildman–Crippen LogP) is 1.80. The van der Waals surface area contributed by atoms with Crippen LogP contribution in [0.25, 0.3) is 0 Å². The summed E-state index contributed by atoms with van der Waals surface area (Å²) in [5, 5.41) is 6.74. The molecule has 19 heavy (non-hydrogen) atoms. The number of hydrogen-bond donors (Lipinski definition) is 2.